The molecule has 2 aliphatic rings. The Balaban J connectivity index is 1.41. The molecule has 0 unspecified atom stereocenters. The van der Waals surface area contributed by atoms with Crippen LogP contribution in [0.25, 0.3) is 0 Å². The van der Waals surface area contributed by atoms with E-state index in [0.29, 0.717) is 18.7 Å². The molecule has 0 bridgehead atoms. The summed E-state index contributed by atoms with van der Waals surface area (Å²) in [5, 5.41) is 0. The standard InChI is InChI=1S/C22H23F3N4O2/c1-15-7-10-26-20-19(15)27(2)13-14-29(20)17-8-11-28(12-9-17)21(30)16-3-5-18(6-4-16)31-22(23,24)25/h3-7,10,13-14,17H,8-9,11-12H2,1-2H3. The molecule has 164 valence electrons. The number of alkyl halides is 3. The molecular formula is C22H23F3N4O2. The fourth-order valence-corrected chi connectivity index (χ4v) is 4.10. The van der Waals surface area contributed by atoms with Crippen molar-refractivity contribution in [2.24, 2.45) is 0 Å². The number of likely N-dealkylation sites (tertiary alicyclic amines) is 1. The summed E-state index contributed by atoms with van der Waals surface area (Å²) < 4.78 is 40.8. The maximum Gasteiger partial charge on any atom is 0.573 e. The number of ether oxygens (including phenoxy) is 1. The van der Waals surface area contributed by atoms with Gasteiger partial charge in [0.1, 0.15) is 5.75 Å². The lowest BCUT2D eigenvalue weighted by atomic mass is 10.0. The number of rotatable bonds is 3. The van der Waals surface area contributed by atoms with Crippen molar-refractivity contribution in [1.29, 1.82) is 0 Å². The van der Waals surface area contributed by atoms with E-state index in [1.165, 1.54) is 12.1 Å². The lowest BCUT2D eigenvalue weighted by molar-refractivity contribution is -0.274. The molecule has 0 aliphatic carbocycles. The van der Waals surface area contributed by atoms with Gasteiger partial charge >= 0.3 is 6.36 Å². The summed E-state index contributed by atoms with van der Waals surface area (Å²) in [6, 6.07) is 7.24. The molecule has 2 aromatic rings. The topological polar surface area (TPSA) is 48.9 Å². The van der Waals surface area contributed by atoms with Crippen molar-refractivity contribution < 1.29 is 22.7 Å². The first-order valence-electron chi connectivity index (χ1n) is 10.0. The molecule has 0 spiro atoms. The van der Waals surface area contributed by atoms with E-state index in [9.17, 15) is 18.0 Å². The summed E-state index contributed by atoms with van der Waals surface area (Å²) in [4.78, 5) is 23.3. The minimum absolute atomic E-state index is 0.194. The third kappa shape index (κ3) is 4.45. The number of fused-ring (bicyclic) bond motifs is 1. The molecule has 0 N–H and O–H groups in total. The van der Waals surface area contributed by atoms with Crippen LogP contribution in [-0.4, -0.2) is 48.3 Å². The highest BCUT2D eigenvalue weighted by atomic mass is 19.4. The zero-order chi connectivity index (χ0) is 22.2. The highest BCUT2D eigenvalue weighted by molar-refractivity contribution is 5.94. The van der Waals surface area contributed by atoms with E-state index in [1.54, 1.807) is 11.1 Å². The Morgan fingerprint density at radius 3 is 2.42 bits per heavy atom. The number of anilines is 2. The summed E-state index contributed by atoms with van der Waals surface area (Å²) >= 11 is 0. The number of hydrogen-bond donors (Lipinski definition) is 0. The average molecular weight is 432 g/mol. The monoisotopic (exact) mass is 432 g/mol. The average Bonchev–Trinajstić information content (AvgIpc) is 2.73. The maximum absolute atomic E-state index is 12.8. The molecule has 9 heteroatoms. The number of piperidine rings is 1. The number of benzene rings is 1. The van der Waals surface area contributed by atoms with Gasteiger partial charge in [-0.05, 0) is 55.7 Å². The van der Waals surface area contributed by atoms with Crippen molar-refractivity contribution in [3.63, 3.8) is 0 Å². The van der Waals surface area contributed by atoms with Crippen LogP contribution in [0.1, 0.15) is 28.8 Å². The maximum atomic E-state index is 12.8. The molecule has 1 amide bonds. The first kappa shape index (κ1) is 21.0. The van der Waals surface area contributed by atoms with Crippen LogP contribution >= 0.6 is 0 Å². The Labute approximate surface area is 178 Å². The van der Waals surface area contributed by atoms with Crippen LogP contribution in [0.2, 0.25) is 0 Å². The molecule has 1 aromatic carbocycles. The third-order valence-electron chi connectivity index (χ3n) is 5.63. The molecule has 31 heavy (non-hydrogen) atoms. The smallest absolute Gasteiger partial charge is 0.406 e. The molecule has 0 radical (unpaired) electrons. The van der Waals surface area contributed by atoms with Crippen molar-refractivity contribution in [3.8, 4) is 5.75 Å². The van der Waals surface area contributed by atoms with Crippen molar-refractivity contribution in [2.45, 2.75) is 32.2 Å². The van der Waals surface area contributed by atoms with Crippen LogP contribution in [-0.2, 0) is 0 Å². The zero-order valence-electron chi connectivity index (χ0n) is 17.3. The SMILES string of the molecule is Cc1ccnc2c1N(C)C=CN2C1CCN(C(=O)c2ccc(OC(F)(F)F)cc2)CC1. The van der Waals surface area contributed by atoms with Gasteiger partial charge in [0, 0.05) is 50.3 Å². The van der Waals surface area contributed by atoms with E-state index in [1.807, 2.05) is 25.5 Å². The van der Waals surface area contributed by atoms with Crippen LogP contribution in [0, 0.1) is 6.92 Å². The van der Waals surface area contributed by atoms with Crippen LogP contribution in [0.3, 0.4) is 0 Å². The van der Waals surface area contributed by atoms with Gasteiger partial charge in [-0.25, -0.2) is 4.98 Å². The molecule has 1 fully saturated rings. The van der Waals surface area contributed by atoms with Crippen LogP contribution in [0.4, 0.5) is 24.7 Å². The van der Waals surface area contributed by atoms with E-state index in [-0.39, 0.29) is 17.7 Å². The minimum Gasteiger partial charge on any atom is -0.406 e. The lowest BCUT2D eigenvalue weighted by Crippen LogP contribution is -2.46. The Morgan fingerprint density at radius 1 is 1.10 bits per heavy atom. The molecular weight excluding hydrogens is 409 g/mol. The zero-order valence-corrected chi connectivity index (χ0v) is 17.3. The highest BCUT2D eigenvalue weighted by Crippen LogP contribution is 2.36. The van der Waals surface area contributed by atoms with Gasteiger partial charge in [0.15, 0.2) is 5.82 Å². The van der Waals surface area contributed by atoms with Crippen LogP contribution in [0.15, 0.2) is 48.9 Å². The number of aromatic nitrogens is 1. The molecule has 1 saturated heterocycles. The third-order valence-corrected chi connectivity index (χ3v) is 5.63. The summed E-state index contributed by atoms with van der Waals surface area (Å²) in [6.45, 7) is 3.18. The second-order valence-electron chi connectivity index (χ2n) is 7.71. The molecule has 1 aromatic heterocycles. The minimum atomic E-state index is -4.75. The van der Waals surface area contributed by atoms with E-state index in [0.717, 1.165) is 42.0 Å². The molecule has 3 heterocycles. The number of halogens is 3. The van der Waals surface area contributed by atoms with Gasteiger partial charge in [0.2, 0.25) is 0 Å². The number of carbonyl (C=O) groups excluding carboxylic acids is 1. The predicted molar refractivity (Wildman–Crippen MR) is 111 cm³/mol. The van der Waals surface area contributed by atoms with Gasteiger partial charge in [-0.1, -0.05) is 0 Å². The van der Waals surface area contributed by atoms with Gasteiger partial charge in [-0.2, -0.15) is 0 Å². The second kappa shape index (κ2) is 8.13. The molecule has 2 aliphatic heterocycles. The van der Waals surface area contributed by atoms with E-state index >= 15 is 0 Å². The normalized spacial score (nSPS) is 17.0. The highest BCUT2D eigenvalue weighted by Gasteiger charge is 2.32. The van der Waals surface area contributed by atoms with Gasteiger partial charge in [0.05, 0.1) is 5.69 Å². The fraction of sp³-hybridized carbons (Fsp3) is 0.364. The number of aryl methyl sites for hydroxylation is 1. The van der Waals surface area contributed by atoms with Crippen molar-refractivity contribution in [2.75, 3.05) is 29.9 Å². The summed E-state index contributed by atoms with van der Waals surface area (Å²) in [5.74, 6) is 0.376. The van der Waals surface area contributed by atoms with Crippen molar-refractivity contribution in [1.82, 2.24) is 9.88 Å². The predicted octanol–water partition coefficient (Wildman–Crippen LogP) is 4.32. The van der Waals surface area contributed by atoms with Crippen molar-refractivity contribution >= 4 is 17.4 Å². The number of amides is 1. The quantitative estimate of drug-likeness (QED) is 0.723. The lowest BCUT2D eigenvalue weighted by Gasteiger charge is -2.40. The number of hydrogen-bond acceptors (Lipinski definition) is 5. The molecule has 4 rings (SSSR count). The van der Waals surface area contributed by atoms with E-state index in [2.05, 4.69) is 26.4 Å². The van der Waals surface area contributed by atoms with Crippen LogP contribution < -0.4 is 14.5 Å². The summed E-state index contributed by atoms with van der Waals surface area (Å²) in [6.07, 6.45) is 2.62. The fourth-order valence-electron chi connectivity index (χ4n) is 4.10. The Morgan fingerprint density at radius 2 is 1.77 bits per heavy atom. The Bertz CT molecular complexity index is 983. The Hall–Kier alpha value is -3.23. The number of carbonyl (C=O) groups is 1. The van der Waals surface area contributed by atoms with E-state index in [4.69, 9.17) is 0 Å². The summed E-state index contributed by atoms with van der Waals surface area (Å²) in [5.41, 5.74) is 2.56. The first-order chi connectivity index (χ1) is 14.7. The largest absolute Gasteiger partial charge is 0.573 e. The first-order valence-corrected chi connectivity index (χ1v) is 10.0. The van der Waals surface area contributed by atoms with Gasteiger partial charge in [0.25, 0.3) is 5.91 Å². The molecule has 0 saturated carbocycles. The molecule has 6 nitrogen and oxygen atoms in total. The Kier molecular flexibility index (Phi) is 5.51. The number of nitrogens with zero attached hydrogens (tertiary/aromatic N) is 4. The summed E-state index contributed by atoms with van der Waals surface area (Å²) in [7, 11) is 1.99. The second-order valence-corrected chi connectivity index (χ2v) is 7.71. The van der Waals surface area contributed by atoms with Gasteiger partial charge in [-0.15, -0.1) is 13.2 Å². The van der Waals surface area contributed by atoms with Gasteiger partial charge in [-0.3, -0.25) is 4.79 Å². The van der Waals surface area contributed by atoms with Crippen LogP contribution in [0.5, 0.6) is 5.75 Å². The van der Waals surface area contributed by atoms with Crippen molar-refractivity contribution in [3.05, 3.63) is 60.1 Å². The van der Waals surface area contributed by atoms with Gasteiger partial charge < -0.3 is 19.4 Å². The number of pyridine rings is 1. The van der Waals surface area contributed by atoms with E-state index < -0.39 is 6.36 Å². The molecule has 0 atom stereocenters.